The Morgan fingerprint density at radius 2 is 1.80 bits per heavy atom. The van der Waals surface area contributed by atoms with E-state index in [0.717, 1.165) is 22.4 Å². The first-order chi connectivity index (χ1) is 12.0. The van der Waals surface area contributed by atoms with E-state index < -0.39 is 12.1 Å². The zero-order valence-electron chi connectivity index (χ0n) is 14.7. The van der Waals surface area contributed by atoms with E-state index in [4.69, 9.17) is 4.74 Å². The van der Waals surface area contributed by atoms with Gasteiger partial charge in [0, 0.05) is 0 Å². The van der Waals surface area contributed by atoms with Crippen molar-refractivity contribution >= 4 is 5.91 Å². The smallest absolute Gasteiger partial charge is 0.258 e. The molecule has 4 nitrogen and oxygen atoms in total. The number of nitrogens with one attached hydrogen (secondary N) is 1. The molecule has 0 saturated heterocycles. The first kappa shape index (κ1) is 18.7. The average Bonchev–Trinajstić information content (AvgIpc) is 2.61. The Kier molecular flexibility index (Phi) is 6.78. The Labute approximate surface area is 149 Å². The highest BCUT2D eigenvalue weighted by molar-refractivity contribution is 5.78. The van der Waals surface area contributed by atoms with Crippen molar-refractivity contribution in [1.82, 2.24) is 5.32 Å². The number of para-hydroxylation sites is 1. The molecule has 2 rings (SSSR count). The van der Waals surface area contributed by atoms with E-state index in [1.54, 1.807) is 0 Å². The third-order valence-corrected chi connectivity index (χ3v) is 4.05. The van der Waals surface area contributed by atoms with Crippen molar-refractivity contribution in [3.63, 3.8) is 0 Å². The fraction of sp³-hybridized carbons (Fsp3) is 0.286. The summed E-state index contributed by atoms with van der Waals surface area (Å²) in [4.78, 5) is 12.3. The van der Waals surface area contributed by atoms with Crippen LogP contribution in [-0.2, 0) is 11.2 Å². The van der Waals surface area contributed by atoms with Crippen LogP contribution in [0.4, 0.5) is 0 Å². The van der Waals surface area contributed by atoms with Crippen molar-refractivity contribution < 1.29 is 14.6 Å². The summed E-state index contributed by atoms with van der Waals surface area (Å²) in [7, 11) is 0. The van der Waals surface area contributed by atoms with Gasteiger partial charge in [0.1, 0.15) is 5.75 Å². The zero-order chi connectivity index (χ0) is 18.2. The molecule has 25 heavy (non-hydrogen) atoms. The third kappa shape index (κ3) is 5.47. The maximum atomic E-state index is 12.3. The average molecular weight is 339 g/mol. The van der Waals surface area contributed by atoms with Crippen molar-refractivity contribution in [2.24, 2.45) is 0 Å². The van der Waals surface area contributed by atoms with Crippen molar-refractivity contribution in [1.29, 1.82) is 0 Å². The molecule has 0 aliphatic carbocycles. The summed E-state index contributed by atoms with van der Waals surface area (Å²) in [6.45, 7) is 7.41. The van der Waals surface area contributed by atoms with Crippen LogP contribution in [0.5, 0.6) is 5.75 Å². The molecule has 0 saturated carbocycles. The van der Waals surface area contributed by atoms with Gasteiger partial charge in [-0.15, -0.1) is 6.58 Å². The van der Waals surface area contributed by atoms with Crippen molar-refractivity contribution in [3.05, 3.63) is 77.9 Å². The molecular weight excluding hydrogens is 314 g/mol. The molecule has 132 valence electrons. The second kappa shape index (κ2) is 9.04. The fourth-order valence-corrected chi connectivity index (χ4v) is 2.70. The van der Waals surface area contributed by atoms with Crippen LogP contribution < -0.4 is 10.1 Å². The van der Waals surface area contributed by atoms with Gasteiger partial charge in [-0.05, 0) is 37.0 Å². The Morgan fingerprint density at radius 3 is 2.40 bits per heavy atom. The predicted octanol–water partition coefficient (Wildman–Crippen LogP) is 2.96. The largest absolute Gasteiger partial charge is 0.483 e. The lowest BCUT2D eigenvalue weighted by Gasteiger charge is -2.22. The Balaban J connectivity index is 1.98. The number of carbonyl (C=O) groups excluding carboxylic acids is 1. The topological polar surface area (TPSA) is 58.6 Å². The fourth-order valence-electron chi connectivity index (χ4n) is 2.70. The van der Waals surface area contributed by atoms with Crippen molar-refractivity contribution in [2.45, 2.75) is 32.4 Å². The number of rotatable bonds is 8. The van der Waals surface area contributed by atoms with Crippen LogP contribution in [-0.4, -0.2) is 29.8 Å². The Morgan fingerprint density at radius 1 is 1.16 bits per heavy atom. The molecule has 0 unspecified atom stereocenters. The number of carbonyl (C=O) groups is 1. The zero-order valence-corrected chi connectivity index (χ0v) is 14.7. The van der Waals surface area contributed by atoms with Gasteiger partial charge < -0.3 is 15.2 Å². The minimum absolute atomic E-state index is 0.0964. The number of hydrogen-bond acceptors (Lipinski definition) is 3. The summed E-state index contributed by atoms with van der Waals surface area (Å²) in [5.74, 6) is 0.450. The van der Waals surface area contributed by atoms with Crippen LogP contribution in [0.1, 0.15) is 16.7 Å². The van der Waals surface area contributed by atoms with E-state index in [1.165, 1.54) is 6.08 Å². The summed E-state index contributed by atoms with van der Waals surface area (Å²) in [5, 5.41) is 13.0. The quantitative estimate of drug-likeness (QED) is 0.727. The second-order valence-corrected chi connectivity index (χ2v) is 6.10. The molecule has 0 aliphatic heterocycles. The third-order valence-electron chi connectivity index (χ3n) is 4.05. The van der Waals surface area contributed by atoms with Gasteiger partial charge in [0.15, 0.2) is 6.61 Å². The lowest BCUT2D eigenvalue weighted by Crippen LogP contribution is -2.45. The van der Waals surface area contributed by atoms with Gasteiger partial charge in [0.25, 0.3) is 5.91 Å². The minimum atomic E-state index is -0.829. The SMILES string of the molecule is C=C[C@@H](O)[C@H](Cc1ccccc1)NC(=O)COc1c(C)cccc1C. The standard InChI is InChI=1S/C21H25NO3/c1-4-19(23)18(13-17-11-6-5-7-12-17)22-20(24)14-25-21-15(2)9-8-10-16(21)3/h4-12,18-19,23H,1,13-14H2,2-3H3,(H,22,24)/t18-,19+/m0/s1. The summed E-state index contributed by atoms with van der Waals surface area (Å²) < 4.78 is 5.67. The number of amides is 1. The predicted molar refractivity (Wildman–Crippen MR) is 99.7 cm³/mol. The first-order valence-corrected chi connectivity index (χ1v) is 8.34. The van der Waals surface area contributed by atoms with Gasteiger partial charge in [0.2, 0.25) is 0 Å². The van der Waals surface area contributed by atoms with E-state index >= 15 is 0 Å². The van der Waals surface area contributed by atoms with Gasteiger partial charge in [-0.1, -0.05) is 54.6 Å². The normalized spacial score (nSPS) is 12.9. The maximum Gasteiger partial charge on any atom is 0.258 e. The molecule has 0 fully saturated rings. The van der Waals surface area contributed by atoms with Crippen LogP contribution >= 0.6 is 0 Å². The van der Waals surface area contributed by atoms with Gasteiger partial charge in [0.05, 0.1) is 12.1 Å². The van der Waals surface area contributed by atoms with E-state index in [9.17, 15) is 9.90 Å². The molecule has 0 radical (unpaired) electrons. The molecule has 2 atom stereocenters. The molecule has 0 aromatic heterocycles. The molecule has 2 N–H and O–H groups in total. The van der Waals surface area contributed by atoms with Crippen molar-refractivity contribution in [2.75, 3.05) is 6.61 Å². The molecular formula is C21H25NO3. The second-order valence-electron chi connectivity index (χ2n) is 6.10. The minimum Gasteiger partial charge on any atom is -0.483 e. The summed E-state index contributed by atoms with van der Waals surface area (Å²) in [5.41, 5.74) is 3.00. The van der Waals surface area contributed by atoms with Crippen LogP contribution in [0.2, 0.25) is 0 Å². The van der Waals surface area contributed by atoms with E-state index in [0.29, 0.717) is 6.42 Å². The van der Waals surface area contributed by atoms with Crippen LogP contribution in [0.15, 0.2) is 61.2 Å². The highest BCUT2D eigenvalue weighted by atomic mass is 16.5. The van der Waals surface area contributed by atoms with Crippen LogP contribution in [0.3, 0.4) is 0 Å². The number of ether oxygens (including phenoxy) is 1. The highest BCUT2D eigenvalue weighted by Crippen LogP contribution is 2.22. The Hall–Kier alpha value is -2.59. The Bertz CT molecular complexity index is 692. The summed E-state index contributed by atoms with van der Waals surface area (Å²) in [6.07, 6.45) is 1.12. The molecule has 0 bridgehead atoms. The van der Waals surface area contributed by atoms with Crippen molar-refractivity contribution in [3.8, 4) is 5.75 Å². The molecule has 2 aromatic rings. The van der Waals surface area contributed by atoms with E-state index in [2.05, 4.69) is 11.9 Å². The molecule has 0 heterocycles. The molecule has 1 amide bonds. The first-order valence-electron chi connectivity index (χ1n) is 8.34. The van der Waals surface area contributed by atoms with Crippen LogP contribution in [0.25, 0.3) is 0 Å². The molecule has 0 spiro atoms. The maximum absolute atomic E-state index is 12.3. The number of hydrogen-bond donors (Lipinski definition) is 2. The molecule has 2 aromatic carbocycles. The lowest BCUT2D eigenvalue weighted by molar-refractivity contribution is -0.124. The van der Waals surface area contributed by atoms with E-state index in [1.807, 2.05) is 62.4 Å². The van der Waals surface area contributed by atoms with Gasteiger partial charge >= 0.3 is 0 Å². The summed E-state index contributed by atoms with van der Waals surface area (Å²) >= 11 is 0. The molecule has 0 aliphatic rings. The number of aliphatic hydroxyl groups excluding tert-OH is 1. The number of aryl methyl sites for hydroxylation is 2. The summed E-state index contributed by atoms with van der Waals surface area (Å²) in [6, 6.07) is 15.1. The van der Waals surface area contributed by atoms with Gasteiger partial charge in [-0.25, -0.2) is 0 Å². The monoisotopic (exact) mass is 339 g/mol. The van der Waals surface area contributed by atoms with Crippen LogP contribution in [0, 0.1) is 13.8 Å². The number of aliphatic hydroxyl groups is 1. The molecule has 4 heteroatoms. The number of benzene rings is 2. The van der Waals surface area contributed by atoms with Gasteiger partial charge in [-0.2, -0.15) is 0 Å². The highest BCUT2D eigenvalue weighted by Gasteiger charge is 2.20. The lowest BCUT2D eigenvalue weighted by atomic mass is 10.0. The van der Waals surface area contributed by atoms with E-state index in [-0.39, 0.29) is 12.5 Å². The van der Waals surface area contributed by atoms with Gasteiger partial charge in [-0.3, -0.25) is 4.79 Å².